The van der Waals surface area contributed by atoms with Gasteiger partial charge in [-0.05, 0) is 18.6 Å². The first-order chi connectivity index (χ1) is 10.6. The van der Waals surface area contributed by atoms with E-state index in [1.165, 1.54) is 7.11 Å². The van der Waals surface area contributed by atoms with Gasteiger partial charge in [-0.15, -0.1) is 0 Å². The van der Waals surface area contributed by atoms with Crippen molar-refractivity contribution in [3.63, 3.8) is 0 Å². The predicted octanol–water partition coefficient (Wildman–Crippen LogP) is 4.23. The van der Waals surface area contributed by atoms with Crippen LogP contribution in [0.25, 0.3) is 0 Å². The van der Waals surface area contributed by atoms with Crippen LogP contribution in [0.5, 0.6) is 5.75 Å². The van der Waals surface area contributed by atoms with Crippen LogP contribution in [0.15, 0.2) is 29.7 Å². The first kappa shape index (κ1) is 16.6. The second kappa shape index (κ2) is 7.51. The quantitative estimate of drug-likeness (QED) is 0.486. The number of nitrogens with zero attached hydrogens (tertiary/aromatic N) is 3. The summed E-state index contributed by atoms with van der Waals surface area (Å²) >= 11 is 12.4. The van der Waals surface area contributed by atoms with Gasteiger partial charge < -0.3 is 14.5 Å². The van der Waals surface area contributed by atoms with Crippen LogP contribution in [0.4, 0.5) is 0 Å². The Morgan fingerprint density at radius 3 is 2.77 bits per heavy atom. The minimum atomic E-state index is 0.263. The standard InChI is InChI=1S/C15H17Cl2N3O2/c1-3-4-8-20-9-7-18-15(20)14(19-21)10-5-6-11(22-2)13(17)12(10)16/h5-7,9,21H,3-4,8H2,1-2H3/b19-14-. The van der Waals surface area contributed by atoms with Crippen LogP contribution in [0.1, 0.15) is 31.2 Å². The maximum absolute atomic E-state index is 9.44. The zero-order valence-electron chi connectivity index (χ0n) is 12.4. The summed E-state index contributed by atoms with van der Waals surface area (Å²) in [6.45, 7) is 2.89. The van der Waals surface area contributed by atoms with Crippen molar-refractivity contribution in [1.82, 2.24) is 9.55 Å². The molecule has 0 radical (unpaired) electrons. The number of hydrogen-bond donors (Lipinski definition) is 1. The molecule has 2 aromatic rings. The Kier molecular flexibility index (Phi) is 5.69. The van der Waals surface area contributed by atoms with Crippen molar-refractivity contribution in [2.75, 3.05) is 7.11 Å². The van der Waals surface area contributed by atoms with Gasteiger partial charge in [0.25, 0.3) is 0 Å². The summed E-state index contributed by atoms with van der Waals surface area (Å²) in [6, 6.07) is 3.37. The van der Waals surface area contributed by atoms with Crippen molar-refractivity contribution in [3.8, 4) is 5.75 Å². The van der Waals surface area contributed by atoms with Gasteiger partial charge in [-0.25, -0.2) is 4.98 Å². The summed E-state index contributed by atoms with van der Waals surface area (Å²) in [5.41, 5.74) is 0.773. The molecular weight excluding hydrogens is 325 g/mol. The molecule has 118 valence electrons. The van der Waals surface area contributed by atoms with E-state index in [4.69, 9.17) is 27.9 Å². The maximum Gasteiger partial charge on any atom is 0.162 e. The van der Waals surface area contributed by atoms with Crippen LogP contribution in [-0.2, 0) is 6.54 Å². The van der Waals surface area contributed by atoms with E-state index in [2.05, 4.69) is 17.1 Å². The smallest absolute Gasteiger partial charge is 0.162 e. The highest BCUT2D eigenvalue weighted by Gasteiger charge is 2.20. The highest BCUT2D eigenvalue weighted by Crippen LogP contribution is 2.35. The Balaban J connectivity index is 2.46. The molecule has 7 heteroatoms. The summed E-state index contributed by atoms with van der Waals surface area (Å²) in [4.78, 5) is 4.27. The van der Waals surface area contributed by atoms with E-state index >= 15 is 0 Å². The molecule has 22 heavy (non-hydrogen) atoms. The summed E-state index contributed by atoms with van der Waals surface area (Å²) in [5.74, 6) is 1.00. The van der Waals surface area contributed by atoms with Gasteiger partial charge in [0.05, 0.1) is 12.1 Å². The normalized spacial score (nSPS) is 11.7. The van der Waals surface area contributed by atoms with E-state index in [-0.39, 0.29) is 15.8 Å². The van der Waals surface area contributed by atoms with Gasteiger partial charge in [0.15, 0.2) is 11.5 Å². The zero-order valence-corrected chi connectivity index (χ0v) is 13.9. The molecule has 0 amide bonds. The topological polar surface area (TPSA) is 59.6 Å². The monoisotopic (exact) mass is 341 g/mol. The molecule has 0 unspecified atom stereocenters. The fourth-order valence-electron chi connectivity index (χ4n) is 2.13. The van der Waals surface area contributed by atoms with Crippen LogP contribution < -0.4 is 4.74 Å². The third-order valence-corrected chi connectivity index (χ3v) is 4.17. The van der Waals surface area contributed by atoms with E-state index in [1.54, 1.807) is 18.3 Å². The van der Waals surface area contributed by atoms with Crippen LogP contribution in [0.3, 0.4) is 0 Å². The van der Waals surface area contributed by atoms with Gasteiger partial charge in [-0.2, -0.15) is 0 Å². The molecule has 0 atom stereocenters. The van der Waals surface area contributed by atoms with E-state index in [0.717, 1.165) is 19.4 Å². The Morgan fingerprint density at radius 2 is 2.14 bits per heavy atom. The Morgan fingerprint density at radius 1 is 1.36 bits per heavy atom. The predicted molar refractivity (Wildman–Crippen MR) is 87.6 cm³/mol. The van der Waals surface area contributed by atoms with Crippen molar-refractivity contribution in [1.29, 1.82) is 0 Å². The molecule has 0 saturated heterocycles. The summed E-state index contributed by atoms with van der Waals surface area (Å²) < 4.78 is 7.05. The molecule has 1 aromatic carbocycles. The van der Waals surface area contributed by atoms with Gasteiger partial charge in [0, 0.05) is 24.5 Å². The number of methoxy groups -OCH3 is 1. The molecule has 1 aromatic heterocycles. The number of hydrogen-bond acceptors (Lipinski definition) is 4. The van der Waals surface area contributed by atoms with Gasteiger partial charge in [0.1, 0.15) is 10.8 Å². The van der Waals surface area contributed by atoms with Crippen molar-refractivity contribution >= 4 is 28.9 Å². The highest BCUT2D eigenvalue weighted by atomic mass is 35.5. The molecule has 0 fully saturated rings. The number of ether oxygens (including phenoxy) is 1. The number of imidazole rings is 1. The Hall–Kier alpha value is -1.72. The number of oxime groups is 1. The van der Waals surface area contributed by atoms with Gasteiger partial charge in [-0.1, -0.05) is 41.7 Å². The second-order valence-electron chi connectivity index (χ2n) is 4.69. The number of unbranched alkanes of at least 4 members (excludes halogenated alkanes) is 1. The van der Waals surface area contributed by atoms with Crippen molar-refractivity contribution in [3.05, 3.63) is 46.0 Å². The first-order valence-corrected chi connectivity index (χ1v) is 7.65. The van der Waals surface area contributed by atoms with Crippen molar-refractivity contribution in [2.45, 2.75) is 26.3 Å². The number of halogens is 2. The molecule has 0 aliphatic rings. The average Bonchev–Trinajstić information content (AvgIpc) is 2.98. The first-order valence-electron chi connectivity index (χ1n) is 6.89. The summed E-state index contributed by atoms with van der Waals surface area (Å²) in [5, 5.41) is 13.4. The third kappa shape index (κ3) is 3.20. The van der Waals surface area contributed by atoms with Crippen LogP contribution in [0, 0.1) is 0 Å². The second-order valence-corrected chi connectivity index (χ2v) is 5.45. The largest absolute Gasteiger partial charge is 0.495 e. The fourth-order valence-corrected chi connectivity index (χ4v) is 2.61. The molecule has 0 bridgehead atoms. The highest BCUT2D eigenvalue weighted by molar-refractivity contribution is 6.45. The lowest BCUT2D eigenvalue weighted by Crippen LogP contribution is -2.13. The lowest BCUT2D eigenvalue weighted by Gasteiger charge is -2.12. The van der Waals surface area contributed by atoms with Gasteiger partial charge in [0.2, 0.25) is 0 Å². The minimum Gasteiger partial charge on any atom is -0.495 e. The Labute approximate surface area is 139 Å². The fraction of sp³-hybridized carbons (Fsp3) is 0.333. The van der Waals surface area contributed by atoms with E-state index in [1.807, 2.05) is 10.8 Å². The van der Waals surface area contributed by atoms with Gasteiger partial charge >= 0.3 is 0 Å². The zero-order chi connectivity index (χ0) is 16.1. The molecule has 1 N–H and O–H groups in total. The SMILES string of the molecule is CCCCn1ccnc1/C(=N\O)c1ccc(OC)c(Cl)c1Cl. The summed E-state index contributed by atoms with van der Waals surface area (Å²) in [6.07, 6.45) is 5.56. The number of aromatic nitrogens is 2. The maximum atomic E-state index is 9.44. The Bertz CT molecular complexity index is 683. The van der Waals surface area contributed by atoms with E-state index in [9.17, 15) is 5.21 Å². The third-order valence-electron chi connectivity index (χ3n) is 3.30. The molecular formula is C15H17Cl2N3O2. The van der Waals surface area contributed by atoms with Crippen LogP contribution in [0.2, 0.25) is 10.0 Å². The summed E-state index contributed by atoms with van der Waals surface area (Å²) in [7, 11) is 1.51. The van der Waals surface area contributed by atoms with Crippen LogP contribution in [-0.4, -0.2) is 27.6 Å². The number of aryl methyl sites for hydroxylation is 1. The van der Waals surface area contributed by atoms with E-state index in [0.29, 0.717) is 17.1 Å². The number of benzene rings is 1. The molecule has 0 aliphatic heterocycles. The molecule has 5 nitrogen and oxygen atoms in total. The van der Waals surface area contributed by atoms with Crippen molar-refractivity contribution in [2.24, 2.45) is 5.16 Å². The molecule has 0 aliphatic carbocycles. The molecule has 2 rings (SSSR count). The minimum absolute atomic E-state index is 0.263. The van der Waals surface area contributed by atoms with Crippen molar-refractivity contribution < 1.29 is 9.94 Å². The van der Waals surface area contributed by atoms with E-state index < -0.39 is 0 Å². The molecule has 0 spiro atoms. The average molecular weight is 342 g/mol. The molecule has 1 heterocycles. The number of rotatable bonds is 6. The molecule has 0 saturated carbocycles. The lowest BCUT2D eigenvalue weighted by atomic mass is 10.1. The van der Waals surface area contributed by atoms with Gasteiger partial charge in [-0.3, -0.25) is 0 Å². The van der Waals surface area contributed by atoms with Crippen LogP contribution >= 0.6 is 23.2 Å². The lowest BCUT2D eigenvalue weighted by molar-refractivity contribution is 0.319.